The quantitative estimate of drug-likeness (QED) is 0.782. The number of benzene rings is 2. The van der Waals surface area contributed by atoms with Crippen molar-refractivity contribution >= 4 is 44.8 Å². The molecular weight excluding hydrogens is 399 g/mol. The topological polar surface area (TPSA) is 75.7 Å². The maximum Gasteiger partial charge on any atom is 0.246 e. The van der Waals surface area contributed by atoms with Crippen molar-refractivity contribution in [2.45, 2.75) is 11.3 Å². The summed E-state index contributed by atoms with van der Waals surface area (Å²) in [6.45, 7) is 0. The van der Waals surface area contributed by atoms with Crippen LogP contribution in [0.25, 0.3) is 0 Å². The first-order valence-electron chi connectivity index (χ1n) is 7.49. The summed E-state index contributed by atoms with van der Waals surface area (Å²) in [6.07, 6.45) is 0.0256. The van der Waals surface area contributed by atoms with E-state index in [1.54, 1.807) is 24.3 Å². The maximum atomic E-state index is 12.4. The Kier molecular flexibility index (Phi) is 6.52. The van der Waals surface area contributed by atoms with E-state index in [1.165, 1.54) is 33.3 Å². The normalized spacial score (nSPS) is 11.5. The van der Waals surface area contributed by atoms with E-state index < -0.39 is 10.0 Å². The van der Waals surface area contributed by atoms with Crippen molar-refractivity contribution < 1.29 is 17.9 Å². The van der Waals surface area contributed by atoms with E-state index in [0.29, 0.717) is 21.3 Å². The molecule has 9 heteroatoms. The van der Waals surface area contributed by atoms with Gasteiger partial charge in [-0.15, -0.1) is 0 Å². The fourth-order valence-electron chi connectivity index (χ4n) is 2.20. The molecule has 0 spiro atoms. The van der Waals surface area contributed by atoms with Crippen LogP contribution in [0.15, 0.2) is 41.3 Å². The molecule has 0 saturated heterocycles. The van der Waals surface area contributed by atoms with E-state index in [1.807, 2.05) is 0 Å². The van der Waals surface area contributed by atoms with Crippen LogP contribution >= 0.6 is 23.2 Å². The molecule has 2 rings (SSSR count). The van der Waals surface area contributed by atoms with Gasteiger partial charge in [0.1, 0.15) is 10.6 Å². The fraction of sp³-hybridized carbons (Fsp3) is 0.235. The van der Waals surface area contributed by atoms with E-state index >= 15 is 0 Å². The molecule has 0 atom stereocenters. The summed E-state index contributed by atoms with van der Waals surface area (Å²) in [5, 5.41) is 3.53. The summed E-state index contributed by atoms with van der Waals surface area (Å²) in [5.74, 6) is -0.148. The van der Waals surface area contributed by atoms with Crippen molar-refractivity contribution in [2.75, 3.05) is 26.5 Å². The van der Waals surface area contributed by atoms with E-state index in [2.05, 4.69) is 5.32 Å². The van der Waals surface area contributed by atoms with Gasteiger partial charge in [0.25, 0.3) is 0 Å². The minimum absolute atomic E-state index is 0.0256. The number of carbonyl (C=O) groups is 1. The fourth-order valence-corrected chi connectivity index (χ4v) is 3.75. The Balaban J connectivity index is 2.25. The first kappa shape index (κ1) is 20.5. The maximum absolute atomic E-state index is 12.4. The third-order valence-corrected chi connectivity index (χ3v) is 6.00. The second-order valence-electron chi connectivity index (χ2n) is 5.61. The highest BCUT2D eigenvalue weighted by Gasteiger charge is 2.23. The van der Waals surface area contributed by atoms with Gasteiger partial charge in [-0.2, -0.15) is 0 Å². The highest BCUT2D eigenvalue weighted by molar-refractivity contribution is 7.89. The Morgan fingerprint density at radius 1 is 1.15 bits per heavy atom. The van der Waals surface area contributed by atoms with Crippen LogP contribution in [0.5, 0.6) is 5.75 Å². The molecule has 1 amide bonds. The Hall–Kier alpha value is -1.80. The molecule has 0 aliphatic rings. The highest BCUT2D eigenvalue weighted by Crippen LogP contribution is 2.29. The Bertz CT molecular complexity index is 930. The van der Waals surface area contributed by atoms with E-state index in [9.17, 15) is 13.2 Å². The number of carbonyl (C=O) groups excluding carboxylic acids is 1. The molecule has 0 radical (unpaired) electrons. The third-order valence-electron chi connectivity index (χ3n) is 3.57. The number of methoxy groups -OCH3 is 1. The van der Waals surface area contributed by atoms with Gasteiger partial charge in [-0.05, 0) is 35.9 Å². The molecule has 1 N–H and O–H groups in total. The molecule has 0 fully saturated rings. The van der Waals surface area contributed by atoms with Crippen LogP contribution in [-0.4, -0.2) is 39.8 Å². The molecular formula is C17H18Cl2N2O4S. The summed E-state index contributed by atoms with van der Waals surface area (Å²) < 4.78 is 31.0. The van der Waals surface area contributed by atoms with E-state index in [4.69, 9.17) is 27.9 Å². The molecule has 140 valence electrons. The van der Waals surface area contributed by atoms with Crippen molar-refractivity contribution in [3.05, 3.63) is 52.0 Å². The second kappa shape index (κ2) is 8.26. The lowest BCUT2D eigenvalue weighted by Gasteiger charge is -2.16. The lowest BCUT2D eigenvalue weighted by Crippen LogP contribution is -2.23. The zero-order valence-electron chi connectivity index (χ0n) is 14.4. The molecule has 2 aromatic rings. The molecule has 6 nitrogen and oxygen atoms in total. The first-order valence-corrected chi connectivity index (χ1v) is 9.69. The van der Waals surface area contributed by atoms with Gasteiger partial charge in [0.2, 0.25) is 15.9 Å². The first-order chi connectivity index (χ1) is 12.1. The van der Waals surface area contributed by atoms with Gasteiger partial charge in [-0.1, -0.05) is 29.3 Å². The molecule has 0 unspecified atom stereocenters. The summed E-state index contributed by atoms with van der Waals surface area (Å²) in [6, 6.07) is 9.28. The average molecular weight is 417 g/mol. The van der Waals surface area contributed by atoms with Gasteiger partial charge in [0.15, 0.2) is 0 Å². The molecule has 0 aromatic heterocycles. The zero-order chi connectivity index (χ0) is 19.5. The van der Waals surface area contributed by atoms with Crippen molar-refractivity contribution in [2.24, 2.45) is 0 Å². The van der Waals surface area contributed by atoms with Crippen molar-refractivity contribution in [1.29, 1.82) is 0 Å². The Morgan fingerprint density at radius 2 is 1.85 bits per heavy atom. The number of rotatable bonds is 6. The van der Waals surface area contributed by atoms with Crippen molar-refractivity contribution in [1.82, 2.24) is 4.31 Å². The minimum atomic E-state index is -3.73. The van der Waals surface area contributed by atoms with Gasteiger partial charge in [-0.3, -0.25) is 4.79 Å². The average Bonchev–Trinajstić information content (AvgIpc) is 2.57. The number of halogens is 2. The van der Waals surface area contributed by atoms with Crippen molar-refractivity contribution in [3.8, 4) is 5.75 Å². The SMILES string of the molecule is COc1ccc(NC(=O)Cc2ccc(Cl)cc2Cl)cc1S(=O)(=O)N(C)C. The van der Waals surface area contributed by atoms with Crippen LogP contribution in [0, 0.1) is 0 Å². The number of hydrogen-bond donors (Lipinski definition) is 1. The van der Waals surface area contributed by atoms with Gasteiger partial charge in [0.05, 0.1) is 13.5 Å². The van der Waals surface area contributed by atoms with E-state index in [-0.39, 0.29) is 23.0 Å². The number of nitrogens with zero attached hydrogens (tertiary/aromatic N) is 1. The predicted octanol–water partition coefficient (Wildman–Crippen LogP) is 3.43. The summed E-state index contributed by atoms with van der Waals surface area (Å²) in [4.78, 5) is 12.2. The van der Waals surface area contributed by atoms with E-state index in [0.717, 1.165) is 4.31 Å². The minimum Gasteiger partial charge on any atom is -0.495 e. The van der Waals surface area contributed by atoms with Gasteiger partial charge < -0.3 is 10.1 Å². The van der Waals surface area contributed by atoms with Crippen LogP contribution in [-0.2, 0) is 21.2 Å². The zero-order valence-corrected chi connectivity index (χ0v) is 16.7. The summed E-state index contributed by atoms with van der Waals surface area (Å²) in [7, 11) is 0.491. The van der Waals surface area contributed by atoms with Gasteiger partial charge >= 0.3 is 0 Å². The van der Waals surface area contributed by atoms with Crippen molar-refractivity contribution in [3.63, 3.8) is 0 Å². The third kappa shape index (κ3) is 4.67. The second-order valence-corrected chi connectivity index (χ2v) is 8.58. The number of sulfonamides is 1. The molecule has 26 heavy (non-hydrogen) atoms. The lowest BCUT2D eigenvalue weighted by atomic mass is 10.1. The van der Waals surface area contributed by atoms with Gasteiger partial charge in [0, 0.05) is 29.8 Å². The number of ether oxygens (including phenoxy) is 1. The number of anilines is 1. The Morgan fingerprint density at radius 3 is 2.42 bits per heavy atom. The van der Waals surface area contributed by atoms with Crippen LogP contribution in [0.2, 0.25) is 10.0 Å². The number of hydrogen-bond acceptors (Lipinski definition) is 4. The largest absolute Gasteiger partial charge is 0.495 e. The summed E-state index contributed by atoms with van der Waals surface area (Å²) >= 11 is 11.9. The number of nitrogens with one attached hydrogen (secondary N) is 1. The smallest absolute Gasteiger partial charge is 0.246 e. The monoisotopic (exact) mass is 416 g/mol. The van der Waals surface area contributed by atoms with Crippen LogP contribution in [0.4, 0.5) is 5.69 Å². The van der Waals surface area contributed by atoms with Gasteiger partial charge in [-0.25, -0.2) is 12.7 Å². The standard InChI is InChI=1S/C17H18Cl2N2O4S/c1-21(2)26(23,24)16-10-13(6-7-15(16)25-3)20-17(22)8-11-4-5-12(18)9-14(11)19/h4-7,9-10H,8H2,1-3H3,(H,20,22). The Labute approximate surface area is 162 Å². The predicted molar refractivity (Wildman–Crippen MR) is 103 cm³/mol. The van der Waals surface area contributed by atoms with Crippen LogP contribution in [0.1, 0.15) is 5.56 Å². The molecule has 0 aliphatic heterocycles. The molecule has 0 heterocycles. The highest BCUT2D eigenvalue weighted by atomic mass is 35.5. The van der Waals surface area contributed by atoms with Crippen LogP contribution < -0.4 is 10.1 Å². The number of amides is 1. The molecule has 0 saturated carbocycles. The molecule has 0 bridgehead atoms. The molecule has 2 aromatic carbocycles. The van der Waals surface area contributed by atoms with Crippen LogP contribution in [0.3, 0.4) is 0 Å². The lowest BCUT2D eigenvalue weighted by molar-refractivity contribution is -0.115. The summed E-state index contributed by atoms with van der Waals surface area (Å²) in [5.41, 5.74) is 0.949. The molecule has 0 aliphatic carbocycles.